The van der Waals surface area contributed by atoms with Gasteiger partial charge in [-0.15, -0.1) is 0 Å². The van der Waals surface area contributed by atoms with E-state index in [1.54, 1.807) is 18.3 Å². The summed E-state index contributed by atoms with van der Waals surface area (Å²) >= 11 is 0. The summed E-state index contributed by atoms with van der Waals surface area (Å²) in [5.74, 6) is 0.195. The van der Waals surface area contributed by atoms with E-state index in [1.807, 2.05) is 0 Å². The predicted molar refractivity (Wildman–Crippen MR) is 58.4 cm³/mol. The van der Waals surface area contributed by atoms with E-state index < -0.39 is 0 Å². The molecular formula is C11H15N3O. The fourth-order valence-corrected chi connectivity index (χ4v) is 1.94. The Labute approximate surface area is 88.9 Å². The fraction of sp³-hybridized carbons (Fsp3) is 0.455. The number of hydrogen-bond donors (Lipinski definition) is 2. The smallest absolute Gasteiger partial charge is 0.255 e. The van der Waals surface area contributed by atoms with Crippen LogP contribution in [0.1, 0.15) is 36.0 Å². The fourth-order valence-electron chi connectivity index (χ4n) is 1.94. The van der Waals surface area contributed by atoms with Gasteiger partial charge in [0, 0.05) is 12.2 Å². The molecule has 1 aromatic rings. The van der Waals surface area contributed by atoms with Gasteiger partial charge in [-0.05, 0) is 25.0 Å². The molecule has 1 amide bonds. The third-order valence-electron chi connectivity index (χ3n) is 2.77. The number of nitrogens with zero attached hydrogens (tertiary/aromatic N) is 1. The highest BCUT2D eigenvalue weighted by Gasteiger charge is 2.19. The van der Waals surface area contributed by atoms with Crippen molar-refractivity contribution < 1.29 is 4.79 Å². The molecule has 15 heavy (non-hydrogen) atoms. The number of anilines is 1. The Balaban J connectivity index is 2.04. The lowest BCUT2D eigenvalue weighted by molar-refractivity contribution is 0.0938. The largest absolute Gasteiger partial charge is 0.383 e. The second-order valence-corrected chi connectivity index (χ2v) is 3.89. The van der Waals surface area contributed by atoms with Crippen LogP contribution in [-0.4, -0.2) is 16.9 Å². The molecule has 1 aliphatic carbocycles. The molecule has 4 heteroatoms. The van der Waals surface area contributed by atoms with E-state index in [0.717, 1.165) is 12.8 Å². The zero-order valence-electron chi connectivity index (χ0n) is 8.57. The lowest BCUT2D eigenvalue weighted by Crippen LogP contribution is -2.33. The average Bonchev–Trinajstić information content (AvgIpc) is 2.71. The Hall–Kier alpha value is -1.58. The molecule has 1 saturated carbocycles. The number of carbonyl (C=O) groups excluding carboxylic acids is 1. The van der Waals surface area contributed by atoms with Gasteiger partial charge in [-0.3, -0.25) is 4.79 Å². The van der Waals surface area contributed by atoms with Crippen molar-refractivity contribution in [1.82, 2.24) is 10.3 Å². The first-order valence-electron chi connectivity index (χ1n) is 5.29. The molecule has 2 rings (SSSR count). The molecule has 0 radical (unpaired) electrons. The molecule has 3 N–H and O–H groups in total. The number of nitrogens with two attached hydrogens (primary N) is 1. The molecule has 1 fully saturated rings. The van der Waals surface area contributed by atoms with Crippen molar-refractivity contribution in [2.24, 2.45) is 0 Å². The summed E-state index contributed by atoms with van der Waals surface area (Å²) in [4.78, 5) is 15.7. The van der Waals surface area contributed by atoms with Crippen molar-refractivity contribution in [3.63, 3.8) is 0 Å². The normalized spacial score (nSPS) is 16.5. The van der Waals surface area contributed by atoms with Gasteiger partial charge in [0.2, 0.25) is 0 Å². The minimum Gasteiger partial charge on any atom is -0.383 e. The summed E-state index contributed by atoms with van der Waals surface area (Å²) in [5, 5.41) is 2.98. The molecule has 0 bridgehead atoms. The Morgan fingerprint density at radius 3 is 2.87 bits per heavy atom. The number of aromatic nitrogens is 1. The topological polar surface area (TPSA) is 68.0 Å². The molecule has 1 aliphatic rings. The lowest BCUT2D eigenvalue weighted by atomic mass is 10.2. The van der Waals surface area contributed by atoms with Gasteiger partial charge in [-0.2, -0.15) is 0 Å². The second-order valence-electron chi connectivity index (χ2n) is 3.89. The molecule has 0 aromatic carbocycles. The highest BCUT2D eigenvalue weighted by molar-refractivity contribution is 5.98. The van der Waals surface area contributed by atoms with E-state index in [1.165, 1.54) is 12.8 Å². The molecule has 0 unspecified atom stereocenters. The van der Waals surface area contributed by atoms with E-state index in [9.17, 15) is 4.79 Å². The number of pyridine rings is 1. The summed E-state index contributed by atoms with van der Waals surface area (Å²) in [5.41, 5.74) is 6.10. The first-order chi connectivity index (χ1) is 7.27. The maximum Gasteiger partial charge on any atom is 0.255 e. The van der Waals surface area contributed by atoms with Gasteiger partial charge in [0.1, 0.15) is 5.82 Å². The van der Waals surface area contributed by atoms with Crippen molar-refractivity contribution in [3.8, 4) is 0 Å². The van der Waals surface area contributed by atoms with Crippen molar-refractivity contribution in [2.75, 3.05) is 5.73 Å². The number of carbonyl (C=O) groups is 1. The molecule has 4 nitrogen and oxygen atoms in total. The maximum atomic E-state index is 11.8. The maximum absolute atomic E-state index is 11.8. The van der Waals surface area contributed by atoms with Gasteiger partial charge in [0.05, 0.1) is 5.56 Å². The first kappa shape index (κ1) is 9.96. The number of nitrogens with one attached hydrogen (secondary N) is 1. The molecule has 0 aliphatic heterocycles. The number of amides is 1. The Bertz CT molecular complexity index is 359. The summed E-state index contributed by atoms with van der Waals surface area (Å²) < 4.78 is 0. The van der Waals surface area contributed by atoms with Crippen LogP contribution >= 0.6 is 0 Å². The number of hydrogen-bond acceptors (Lipinski definition) is 3. The summed E-state index contributed by atoms with van der Waals surface area (Å²) in [7, 11) is 0. The van der Waals surface area contributed by atoms with Crippen LogP contribution in [-0.2, 0) is 0 Å². The van der Waals surface area contributed by atoms with Gasteiger partial charge in [0.25, 0.3) is 5.91 Å². The third-order valence-corrected chi connectivity index (χ3v) is 2.77. The molecule has 0 saturated heterocycles. The Morgan fingerprint density at radius 2 is 2.20 bits per heavy atom. The van der Waals surface area contributed by atoms with Crippen LogP contribution in [0.5, 0.6) is 0 Å². The number of rotatable bonds is 2. The van der Waals surface area contributed by atoms with E-state index in [4.69, 9.17) is 5.73 Å². The van der Waals surface area contributed by atoms with Crippen LogP contribution in [0.15, 0.2) is 18.3 Å². The van der Waals surface area contributed by atoms with Crippen LogP contribution in [0.3, 0.4) is 0 Å². The van der Waals surface area contributed by atoms with Crippen molar-refractivity contribution in [3.05, 3.63) is 23.9 Å². The second kappa shape index (κ2) is 4.29. The average molecular weight is 205 g/mol. The van der Waals surface area contributed by atoms with Gasteiger partial charge in [-0.25, -0.2) is 4.98 Å². The van der Waals surface area contributed by atoms with Crippen LogP contribution in [0.25, 0.3) is 0 Å². The molecule has 1 heterocycles. The van der Waals surface area contributed by atoms with Crippen LogP contribution in [0.4, 0.5) is 5.82 Å². The summed E-state index contributed by atoms with van der Waals surface area (Å²) in [6, 6.07) is 3.74. The molecule has 0 atom stereocenters. The van der Waals surface area contributed by atoms with Crippen molar-refractivity contribution >= 4 is 11.7 Å². The Morgan fingerprint density at radius 1 is 1.47 bits per heavy atom. The van der Waals surface area contributed by atoms with Gasteiger partial charge in [0.15, 0.2) is 0 Å². The molecule has 1 aromatic heterocycles. The van der Waals surface area contributed by atoms with Crippen LogP contribution in [0, 0.1) is 0 Å². The Kier molecular flexibility index (Phi) is 2.85. The number of nitrogen functional groups attached to an aromatic ring is 1. The van der Waals surface area contributed by atoms with E-state index in [2.05, 4.69) is 10.3 Å². The van der Waals surface area contributed by atoms with Crippen molar-refractivity contribution in [1.29, 1.82) is 0 Å². The molecule has 0 spiro atoms. The van der Waals surface area contributed by atoms with E-state index >= 15 is 0 Å². The lowest BCUT2D eigenvalue weighted by Gasteiger charge is -2.12. The monoisotopic (exact) mass is 205 g/mol. The highest BCUT2D eigenvalue weighted by atomic mass is 16.1. The van der Waals surface area contributed by atoms with Crippen LogP contribution < -0.4 is 11.1 Å². The van der Waals surface area contributed by atoms with Crippen molar-refractivity contribution in [2.45, 2.75) is 31.7 Å². The SMILES string of the molecule is Nc1ncccc1C(=O)NC1CCCC1. The highest BCUT2D eigenvalue weighted by Crippen LogP contribution is 2.18. The minimum atomic E-state index is -0.104. The van der Waals surface area contributed by atoms with Gasteiger partial charge >= 0.3 is 0 Å². The molecular weight excluding hydrogens is 190 g/mol. The standard InChI is InChI=1S/C11H15N3O/c12-10-9(6-3-7-13-10)11(15)14-8-4-1-2-5-8/h3,6-8H,1-2,4-5H2,(H2,12,13)(H,14,15). The zero-order valence-corrected chi connectivity index (χ0v) is 8.57. The third kappa shape index (κ3) is 2.26. The predicted octanol–water partition coefficient (Wildman–Crippen LogP) is 1.34. The van der Waals surface area contributed by atoms with Gasteiger partial charge < -0.3 is 11.1 Å². The van der Waals surface area contributed by atoms with E-state index in [0.29, 0.717) is 17.4 Å². The molecule has 80 valence electrons. The summed E-state index contributed by atoms with van der Waals surface area (Å²) in [6.07, 6.45) is 6.14. The minimum absolute atomic E-state index is 0.104. The summed E-state index contributed by atoms with van der Waals surface area (Å²) in [6.45, 7) is 0. The van der Waals surface area contributed by atoms with Gasteiger partial charge in [-0.1, -0.05) is 12.8 Å². The quantitative estimate of drug-likeness (QED) is 0.765. The van der Waals surface area contributed by atoms with Crippen LogP contribution in [0.2, 0.25) is 0 Å². The van der Waals surface area contributed by atoms with E-state index in [-0.39, 0.29) is 5.91 Å². The first-order valence-corrected chi connectivity index (χ1v) is 5.29. The zero-order chi connectivity index (χ0) is 10.7.